The van der Waals surface area contributed by atoms with Gasteiger partial charge in [-0.15, -0.1) is 0 Å². The molecule has 96 valence electrons. The van der Waals surface area contributed by atoms with Crippen LogP contribution in [0, 0.1) is 0 Å². The Morgan fingerprint density at radius 1 is 1.24 bits per heavy atom. The Hall–Kier alpha value is -0.653. The summed E-state index contributed by atoms with van der Waals surface area (Å²) in [5.74, 6) is 0. The molecule has 0 aromatic heterocycles. The van der Waals surface area contributed by atoms with Gasteiger partial charge in [0.15, 0.2) is 0 Å². The molecule has 0 amide bonds. The van der Waals surface area contributed by atoms with E-state index in [9.17, 15) is 8.42 Å². The first kappa shape index (κ1) is 14.4. The molecule has 0 unspecified atom stereocenters. The van der Waals surface area contributed by atoms with Gasteiger partial charge in [-0.05, 0) is 22.7 Å². The Labute approximate surface area is 106 Å². The Balaban J connectivity index is 2.94. The molecule has 0 aliphatic heterocycles. The maximum absolute atomic E-state index is 10.9. The quantitative estimate of drug-likeness (QED) is 0.660. The molecular formula is C12H20O3SSi. The fourth-order valence-electron chi connectivity index (χ4n) is 1.84. The summed E-state index contributed by atoms with van der Waals surface area (Å²) in [6, 6.07) is 7.87. The molecule has 0 bridgehead atoms. The van der Waals surface area contributed by atoms with Crippen molar-refractivity contribution in [1.82, 2.24) is 0 Å². The first-order chi connectivity index (χ1) is 7.77. The zero-order chi connectivity index (χ0) is 13.1. The number of rotatable bonds is 5. The molecule has 0 saturated carbocycles. The van der Waals surface area contributed by atoms with Crippen LogP contribution >= 0.6 is 0 Å². The van der Waals surface area contributed by atoms with E-state index in [0.717, 1.165) is 5.56 Å². The molecule has 0 atom stereocenters. The zero-order valence-electron chi connectivity index (χ0n) is 10.6. The summed E-state index contributed by atoms with van der Waals surface area (Å²) in [6.45, 7) is 6.60. The van der Waals surface area contributed by atoms with Gasteiger partial charge < -0.3 is 0 Å². The van der Waals surface area contributed by atoms with Crippen LogP contribution in [0.2, 0.25) is 6.04 Å². The van der Waals surface area contributed by atoms with E-state index in [1.54, 1.807) is 0 Å². The van der Waals surface area contributed by atoms with E-state index in [4.69, 9.17) is 4.55 Å². The SMILES string of the molecule is CCC[SiH2]C(C)(C)c1ccc(S(=O)(=O)O)cc1. The Morgan fingerprint density at radius 2 is 1.76 bits per heavy atom. The molecule has 0 radical (unpaired) electrons. The van der Waals surface area contributed by atoms with Crippen LogP contribution in [0.5, 0.6) is 0 Å². The molecule has 0 aliphatic rings. The molecular weight excluding hydrogens is 252 g/mol. The van der Waals surface area contributed by atoms with Crippen molar-refractivity contribution in [1.29, 1.82) is 0 Å². The lowest BCUT2D eigenvalue weighted by Crippen LogP contribution is -2.25. The first-order valence-electron chi connectivity index (χ1n) is 5.85. The van der Waals surface area contributed by atoms with Crippen LogP contribution in [-0.2, 0) is 15.2 Å². The van der Waals surface area contributed by atoms with Crippen LogP contribution in [-0.4, -0.2) is 22.5 Å². The third-order valence-corrected chi connectivity index (χ3v) is 6.68. The van der Waals surface area contributed by atoms with E-state index >= 15 is 0 Å². The van der Waals surface area contributed by atoms with Crippen LogP contribution in [0.25, 0.3) is 0 Å². The normalized spacial score (nSPS) is 13.4. The maximum Gasteiger partial charge on any atom is 0.294 e. The summed E-state index contributed by atoms with van der Waals surface area (Å²) in [6.07, 6.45) is 1.21. The van der Waals surface area contributed by atoms with Gasteiger partial charge in [0, 0.05) is 9.52 Å². The molecule has 1 rings (SSSR count). The van der Waals surface area contributed by atoms with Gasteiger partial charge in [0.2, 0.25) is 0 Å². The minimum atomic E-state index is -4.07. The van der Waals surface area contributed by atoms with Crippen LogP contribution in [0.1, 0.15) is 32.8 Å². The van der Waals surface area contributed by atoms with E-state index in [0.29, 0.717) is 0 Å². The molecule has 3 nitrogen and oxygen atoms in total. The highest BCUT2D eigenvalue weighted by Gasteiger charge is 2.21. The summed E-state index contributed by atoms with van der Waals surface area (Å²) in [7, 11) is -4.29. The molecule has 0 fully saturated rings. The third kappa shape index (κ3) is 3.94. The Bertz CT molecular complexity index is 463. The number of hydrogen-bond acceptors (Lipinski definition) is 2. The monoisotopic (exact) mass is 272 g/mol. The van der Waals surface area contributed by atoms with E-state index in [2.05, 4.69) is 20.8 Å². The van der Waals surface area contributed by atoms with Gasteiger partial charge in [-0.3, -0.25) is 4.55 Å². The predicted octanol–water partition coefficient (Wildman–Crippen LogP) is 2.17. The highest BCUT2D eigenvalue weighted by Crippen LogP contribution is 2.24. The van der Waals surface area contributed by atoms with E-state index < -0.39 is 10.1 Å². The predicted molar refractivity (Wildman–Crippen MR) is 72.9 cm³/mol. The van der Waals surface area contributed by atoms with Gasteiger partial charge in [-0.2, -0.15) is 8.42 Å². The van der Waals surface area contributed by atoms with Gasteiger partial charge in [0.05, 0.1) is 4.90 Å². The fraction of sp³-hybridized carbons (Fsp3) is 0.500. The van der Waals surface area contributed by atoms with Gasteiger partial charge in [0.1, 0.15) is 0 Å². The lowest BCUT2D eigenvalue weighted by molar-refractivity contribution is 0.483. The second-order valence-corrected chi connectivity index (χ2v) is 9.38. The van der Waals surface area contributed by atoms with E-state index in [1.807, 2.05) is 12.1 Å². The Kier molecular flexibility index (Phi) is 4.52. The summed E-state index contributed by atoms with van der Waals surface area (Å²) < 4.78 is 30.8. The molecule has 0 heterocycles. The van der Waals surface area contributed by atoms with Gasteiger partial charge in [-0.1, -0.05) is 45.4 Å². The Morgan fingerprint density at radius 3 is 2.18 bits per heavy atom. The average molecular weight is 272 g/mol. The van der Waals surface area contributed by atoms with Crippen LogP contribution in [0.4, 0.5) is 0 Å². The van der Waals surface area contributed by atoms with Crippen molar-refractivity contribution >= 4 is 19.6 Å². The van der Waals surface area contributed by atoms with Crippen molar-refractivity contribution < 1.29 is 13.0 Å². The second-order valence-electron chi connectivity index (χ2n) is 4.99. The summed E-state index contributed by atoms with van der Waals surface area (Å²) in [4.78, 5) is -0.0331. The number of hydrogen-bond donors (Lipinski definition) is 1. The van der Waals surface area contributed by atoms with Crippen molar-refractivity contribution in [3.8, 4) is 0 Å². The third-order valence-electron chi connectivity index (χ3n) is 3.09. The standard InChI is InChI=1S/C12H20O3SSi/c1-4-9-17-12(2,3)10-5-7-11(8-6-10)16(13,14)15/h5-8H,4,9,17H2,1-3H3,(H,13,14,15). The van der Waals surface area contributed by atoms with Gasteiger partial charge in [-0.25, -0.2) is 0 Å². The smallest absolute Gasteiger partial charge is 0.282 e. The number of benzene rings is 1. The molecule has 1 aromatic carbocycles. The van der Waals surface area contributed by atoms with Crippen LogP contribution in [0.3, 0.4) is 0 Å². The summed E-state index contributed by atoms with van der Waals surface area (Å²) in [5, 5.41) is 0.174. The van der Waals surface area contributed by atoms with E-state index in [1.165, 1.54) is 24.6 Å². The first-order valence-corrected chi connectivity index (χ1v) is 9.00. The lowest BCUT2D eigenvalue weighted by Gasteiger charge is -2.24. The lowest BCUT2D eigenvalue weighted by atomic mass is 10.0. The van der Waals surface area contributed by atoms with Crippen molar-refractivity contribution in [2.75, 3.05) is 0 Å². The van der Waals surface area contributed by atoms with Gasteiger partial charge >= 0.3 is 0 Å². The van der Waals surface area contributed by atoms with E-state index in [-0.39, 0.29) is 19.5 Å². The molecule has 5 heteroatoms. The summed E-state index contributed by atoms with van der Waals surface area (Å²) in [5.41, 5.74) is 1.16. The minimum absolute atomic E-state index is 0.0331. The molecule has 1 N–H and O–H groups in total. The van der Waals surface area contributed by atoms with Crippen LogP contribution in [0.15, 0.2) is 29.2 Å². The maximum atomic E-state index is 10.9. The highest BCUT2D eigenvalue weighted by molar-refractivity contribution is 7.85. The van der Waals surface area contributed by atoms with Crippen molar-refractivity contribution in [2.45, 2.75) is 43.2 Å². The van der Waals surface area contributed by atoms with Gasteiger partial charge in [0.25, 0.3) is 10.1 Å². The van der Waals surface area contributed by atoms with Crippen LogP contribution < -0.4 is 0 Å². The summed E-state index contributed by atoms with van der Waals surface area (Å²) >= 11 is 0. The molecule has 1 aromatic rings. The highest BCUT2D eigenvalue weighted by atomic mass is 32.2. The second kappa shape index (κ2) is 5.33. The average Bonchev–Trinajstić information content (AvgIpc) is 2.25. The topological polar surface area (TPSA) is 54.4 Å². The molecule has 0 spiro atoms. The zero-order valence-corrected chi connectivity index (χ0v) is 12.8. The largest absolute Gasteiger partial charge is 0.294 e. The minimum Gasteiger partial charge on any atom is -0.282 e. The molecule has 0 aliphatic carbocycles. The van der Waals surface area contributed by atoms with Crippen molar-refractivity contribution in [3.63, 3.8) is 0 Å². The molecule has 17 heavy (non-hydrogen) atoms. The fourth-order valence-corrected chi connectivity index (χ4v) is 4.08. The van der Waals surface area contributed by atoms with Crippen molar-refractivity contribution in [2.24, 2.45) is 0 Å². The molecule has 0 saturated heterocycles. The van der Waals surface area contributed by atoms with Crippen molar-refractivity contribution in [3.05, 3.63) is 29.8 Å².